The number of ether oxygens (including phenoxy) is 2. The Kier molecular flexibility index (Phi) is 6.39. The number of hydrogen-bond donors (Lipinski definition) is 2. The van der Waals surface area contributed by atoms with Crippen molar-refractivity contribution in [2.75, 3.05) is 14.2 Å². The van der Waals surface area contributed by atoms with Gasteiger partial charge in [-0.05, 0) is 25.1 Å². The summed E-state index contributed by atoms with van der Waals surface area (Å²) in [7, 11) is 3.10. The Labute approximate surface area is 147 Å². The van der Waals surface area contributed by atoms with Crippen LogP contribution in [0.3, 0.4) is 0 Å². The number of carbonyl (C=O) groups is 2. The van der Waals surface area contributed by atoms with Crippen molar-refractivity contribution in [2.45, 2.75) is 19.5 Å². The highest BCUT2D eigenvalue weighted by Gasteiger charge is 2.17. The second-order valence-corrected chi connectivity index (χ2v) is 5.43. The van der Waals surface area contributed by atoms with Crippen molar-refractivity contribution in [1.82, 2.24) is 10.6 Å². The Balaban J connectivity index is 1.95. The highest BCUT2D eigenvalue weighted by atomic mass is 16.5. The predicted molar refractivity (Wildman–Crippen MR) is 94.8 cm³/mol. The molecule has 0 aliphatic rings. The Bertz CT molecular complexity index is 731. The van der Waals surface area contributed by atoms with Crippen LogP contribution in [0, 0.1) is 0 Å². The van der Waals surface area contributed by atoms with Gasteiger partial charge in [-0.25, -0.2) is 0 Å². The Hall–Kier alpha value is -3.02. The van der Waals surface area contributed by atoms with Crippen LogP contribution in [0.15, 0.2) is 48.5 Å². The molecule has 2 N–H and O–H groups in total. The van der Waals surface area contributed by atoms with Crippen LogP contribution in [0.1, 0.15) is 22.8 Å². The van der Waals surface area contributed by atoms with Gasteiger partial charge < -0.3 is 20.1 Å². The monoisotopic (exact) mass is 342 g/mol. The van der Waals surface area contributed by atoms with Crippen molar-refractivity contribution in [2.24, 2.45) is 0 Å². The smallest absolute Gasteiger partial charge is 0.251 e. The third-order valence-corrected chi connectivity index (χ3v) is 3.71. The summed E-state index contributed by atoms with van der Waals surface area (Å²) in [5.41, 5.74) is 1.30. The summed E-state index contributed by atoms with van der Waals surface area (Å²) in [5.74, 6) is 0.599. The third kappa shape index (κ3) is 4.73. The molecule has 25 heavy (non-hydrogen) atoms. The molecule has 1 atom stereocenters. The first kappa shape index (κ1) is 18.3. The van der Waals surface area contributed by atoms with Crippen LogP contribution in [0.25, 0.3) is 0 Å². The van der Waals surface area contributed by atoms with Crippen LogP contribution in [0.2, 0.25) is 0 Å². The van der Waals surface area contributed by atoms with E-state index in [1.165, 1.54) is 0 Å². The normalized spacial score (nSPS) is 11.3. The number of carbonyl (C=O) groups excluding carboxylic acids is 2. The molecule has 0 saturated heterocycles. The first-order chi connectivity index (χ1) is 12.1. The van der Waals surface area contributed by atoms with E-state index in [-0.39, 0.29) is 18.4 Å². The molecule has 2 rings (SSSR count). The molecule has 0 heterocycles. The number of benzene rings is 2. The molecule has 132 valence electrons. The topological polar surface area (TPSA) is 76.7 Å². The number of methoxy groups -OCH3 is 2. The average Bonchev–Trinajstić information content (AvgIpc) is 2.66. The number of hydrogen-bond acceptors (Lipinski definition) is 4. The molecular formula is C19H22N2O4. The summed E-state index contributed by atoms with van der Waals surface area (Å²) in [6.45, 7) is 1.91. The first-order valence-corrected chi connectivity index (χ1v) is 7.90. The largest absolute Gasteiger partial charge is 0.493 e. The van der Waals surface area contributed by atoms with E-state index in [0.29, 0.717) is 17.1 Å². The number of amides is 2. The van der Waals surface area contributed by atoms with Crippen LogP contribution < -0.4 is 20.1 Å². The summed E-state index contributed by atoms with van der Waals surface area (Å²) in [4.78, 5) is 24.3. The fraction of sp³-hybridized carbons (Fsp3) is 0.263. The van der Waals surface area contributed by atoms with Gasteiger partial charge in [-0.3, -0.25) is 9.59 Å². The van der Waals surface area contributed by atoms with Gasteiger partial charge in [0.05, 0.1) is 14.2 Å². The lowest BCUT2D eigenvalue weighted by Gasteiger charge is -2.16. The lowest BCUT2D eigenvalue weighted by molar-refractivity contribution is -0.122. The van der Waals surface area contributed by atoms with E-state index in [2.05, 4.69) is 10.6 Å². The minimum atomic E-state index is -0.663. The highest BCUT2D eigenvalue weighted by Crippen LogP contribution is 2.30. The van der Waals surface area contributed by atoms with Gasteiger partial charge in [0.15, 0.2) is 11.5 Å². The van der Waals surface area contributed by atoms with Gasteiger partial charge >= 0.3 is 0 Å². The molecule has 0 aliphatic carbocycles. The standard InChI is InChI=1S/C19H22N2O4/c1-13(21-19(23)14-8-5-4-6-9-14)18(22)20-12-15-10-7-11-16(24-2)17(15)25-3/h4-11,13H,12H2,1-3H3,(H,20,22)(H,21,23). The minimum absolute atomic E-state index is 0.269. The lowest BCUT2D eigenvalue weighted by Crippen LogP contribution is -2.44. The van der Waals surface area contributed by atoms with Crippen molar-refractivity contribution in [3.8, 4) is 11.5 Å². The van der Waals surface area contributed by atoms with E-state index < -0.39 is 6.04 Å². The van der Waals surface area contributed by atoms with E-state index in [1.54, 1.807) is 51.5 Å². The average molecular weight is 342 g/mol. The molecule has 0 spiro atoms. The third-order valence-electron chi connectivity index (χ3n) is 3.71. The van der Waals surface area contributed by atoms with Gasteiger partial charge in [0.2, 0.25) is 5.91 Å². The summed E-state index contributed by atoms with van der Waals surface area (Å²) < 4.78 is 10.6. The molecule has 0 aliphatic heterocycles. The zero-order valence-electron chi connectivity index (χ0n) is 14.5. The zero-order chi connectivity index (χ0) is 18.2. The molecular weight excluding hydrogens is 320 g/mol. The van der Waals surface area contributed by atoms with Crippen LogP contribution in [0.5, 0.6) is 11.5 Å². The fourth-order valence-electron chi connectivity index (χ4n) is 2.36. The van der Waals surface area contributed by atoms with Crippen molar-refractivity contribution in [1.29, 1.82) is 0 Å². The van der Waals surface area contributed by atoms with Crippen molar-refractivity contribution < 1.29 is 19.1 Å². The number of rotatable bonds is 7. The molecule has 0 fully saturated rings. The van der Waals surface area contributed by atoms with Crippen molar-refractivity contribution >= 4 is 11.8 Å². The Morgan fingerprint density at radius 1 is 1.00 bits per heavy atom. The van der Waals surface area contributed by atoms with Crippen molar-refractivity contribution in [3.63, 3.8) is 0 Å². The molecule has 0 saturated carbocycles. The van der Waals surface area contributed by atoms with Gasteiger partial charge in [0.25, 0.3) is 5.91 Å². The molecule has 6 heteroatoms. The second-order valence-electron chi connectivity index (χ2n) is 5.43. The van der Waals surface area contributed by atoms with E-state index in [4.69, 9.17) is 9.47 Å². The fourth-order valence-corrected chi connectivity index (χ4v) is 2.36. The van der Waals surface area contributed by atoms with Crippen LogP contribution in [-0.4, -0.2) is 32.1 Å². The molecule has 6 nitrogen and oxygen atoms in total. The summed E-state index contributed by atoms with van der Waals surface area (Å²) in [6.07, 6.45) is 0. The Morgan fingerprint density at radius 2 is 1.72 bits per heavy atom. The van der Waals surface area contributed by atoms with Gasteiger partial charge in [0, 0.05) is 17.7 Å². The summed E-state index contributed by atoms with van der Waals surface area (Å²) in [6, 6.07) is 13.6. The maximum absolute atomic E-state index is 12.2. The molecule has 2 amide bonds. The SMILES string of the molecule is COc1cccc(CNC(=O)C(C)NC(=O)c2ccccc2)c1OC. The van der Waals surface area contributed by atoms with Gasteiger partial charge in [-0.15, -0.1) is 0 Å². The molecule has 0 radical (unpaired) electrons. The minimum Gasteiger partial charge on any atom is -0.493 e. The van der Waals surface area contributed by atoms with Crippen LogP contribution in [-0.2, 0) is 11.3 Å². The van der Waals surface area contributed by atoms with Crippen LogP contribution >= 0.6 is 0 Å². The van der Waals surface area contributed by atoms with Gasteiger partial charge in [0.1, 0.15) is 6.04 Å². The highest BCUT2D eigenvalue weighted by molar-refractivity contribution is 5.97. The first-order valence-electron chi connectivity index (χ1n) is 7.90. The maximum atomic E-state index is 12.2. The predicted octanol–water partition coefficient (Wildman–Crippen LogP) is 2.14. The van der Waals surface area contributed by atoms with Crippen molar-refractivity contribution in [3.05, 3.63) is 59.7 Å². The molecule has 0 aromatic heterocycles. The van der Waals surface area contributed by atoms with Crippen LogP contribution in [0.4, 0.5) is 0 Å². The zero-order valence-corrected chi connectivity index (χ0v) is 14.5. The lowest BCUT2D eigenvalue weighted by atomic mass is 10.1. The molecule has 0 bridgehead atoms. The van der Waals surface area contributed by atoms with E-state index >= 15 is 0 Å². The molecule has 2 aromatic carbocycles. The molecule has 2 aromatic rings. The number of para-hydroxylation sites is 1. The Morgan fingerprint density at radius 3 is 2.36 bits per heavy atom. The van der Waals surface area contributed by atoms with Gasteiger partial charge in [-0.2, -0.15) is 0 Å². The summed E-state index contributed by atoms with van der Waals surface area (Å²) >= 11 is 0. The number of nitrogens with one attached hydrogen (secondary N) is 2. The van der Waals surface area contributed by atoms with E-state index in [1.807, 2.05) is 18.2 Å². The van der Waals surface area contributed by atoms with Gasteiger partial charge in [-0.1, -0.05) is 30.3 Å². The summed E-state index contributed by atoms with van der Waals surface area (Å²) in [5, 5.41) is 5.47. The maximum Gasteiger partial charge on any atom is 0.251 e. The van der Waals surface area contributed by atoms with E-state index in [0.717, 1.165) is 5.56 Å². The molecule has 1 unspecified atom stereocenters. The quantitative estimate of drug-likeness (QED) is 0.808. The van der Waals surface area contributed by atoms with E-state index in [9.17, 15) is 9.59 Å². The second kappa shape index (κ2) is 8.73.